The molecule has 0 aromatic heterocycles. The molecular formula is C15H26N2O5. The second-order valence-electron chi connectivity index (χ2n) is 6.69. The highest BCUT2D eigenvalue weighted by atomic mass is 17.2. The maximum Gasteiger partial charge on any atom is 0.333 e. The predicted molar refractivity (Wildman–Crippen MR) is 81.9 cm³/mol. The Morgan fingerprint density at radius 1 is 1.27 bits per heavy atom. The Morgan fingerprint density at radius 2 is 1.86 bits per heavy atom. The summed E-state index contributed by atoms with van der Waals surface area (Å²) in [4.78, 5) is 33.9. The summed E-state index contributed by atoms with van der Waals surface area (Å²) in [6.45, 7) is 9.40. The minimum absolute atomic E-state index is 0.147. The molecule has 22 heavy (non-hydrogen) atoms. The van der Waals surface area contributed by atoms with Gasteiger partial charge in [-0.25, -0.2) is 4.79 Å². The summed E-state index contributed by atoms with van der Waals surface area (Å²) in [5, 5.41) is 3.23. The molecule has 0 radical (unpaired) electrons. The number of methoxy groups -OCH3 is 1. The lowest BCUT2D eigenvalue weighted by molar-refractivity contribution is -0.255. The van der Waals surface area contributed by atoms with E-state index in [1.807, 2.05) is 0 Å². The van der Waals surface area contributed by atoms with E-state index in [9.17, 15) is 9.70 Å². The number of carbonyl (C=O) groups excluding carboxylic acids is 1. The van der Waals surface area contributed by atoms with Crippen LogP contribution in [-0.2, 0) is 19.3 Å². The maximum absolute atomic E-state index is 10.9. The molecule has 1 fully saturated rings. The third kappa shape index (κ3) is 5.06. The Morgan fingerprint density at radius 3 is 2.36 bits per heavy atom. The van der Waals surface area contributed by atoms with E-state index in [1.54, 1.807) is 0 Å². The largest absolute Gasteiger partial charge is 0.466 e. The van der Waals surface area contributed by atoms with E-state index in [1.165, 1.54) is 7.11 Å². The topological polar surface area (TPSA) is 77.4 Å². The van der Waals surface area contributed by atoms with Crippen molar-refractivity contribution in [3.05, 3.63) is 17.2 Å². The quantitative estimate of drug-likeness (QED) is 0.137. The van der Waals surface area contributed by atoms with Crippen molar-refractivity contribution < 1.29 is 19.3 Å². The summed E-state index contributed by atoms with van der Waals surface area (Å²) in [7, 11) is 1.29. The molecule has 0 saturated carbocycles. The van der Waals surface area contributed by atoms with Gasteiger partial charge in [0.05, 0.1) is 19.2 Å². The Kier molecular flexibility index (Phi) is 6.49. The summed E-state index contributed by atoms with van der Waals surface area (Å²) in [6, 6.07) is -0.151. The van der Waals surface area contributed by atoms with Gasteiger partial charge in [-0.1, -0.05) is 5.18 Å². The monoisotopic (exact) mass is 314 g/mol. The second-order valence-corrected chi connectivity index (χ2v) is 6.69. The van der Waals surface area contributed by atoms with Crippen molar-refractivity contribution in [2.45, 2.75) is 57.7 Å². The first-order valence-corrected chi connectivity index (χ1v) is 7.36. The van der Waals surface area contributed by atoms with Crippen LogP contribution in [0.3, 0.4) is 0 Å². The first-order chi connectivity index (χ1) is 10.2. The lowest BCUT2D eigenvalue weighted by atomic mass is 9.77. The molecule has 1 heterocycles. The molecule has 0 atom stereocenters. The summed E-state index contributed by atoms with van der Waals surface area (Å²) in [6.07, 6.45) is 3.73. The van der Waals surface area contributed by atoms with E-state index in [-0.39, 0.29) is 17.1 Å². The third-order valence-corrected chi connectivity index (χ3v) is 4.01. The van der Waals surface area contributed by atoms with Gasteiger partial charge in [-0.3, -0.25) is 4.90 Å². The highest BCUT2D eigenvalue weighted by molar-refractivity contribution is 5.81. The Labute approximate surface area is 131 Å². The number of nitrogens with zero attached hydrogens (tertiary/aromatic N) is 2. The Bertz CT molecular complexity index is 402. The van der Waals surface area contributed by atoms with E-state index < -0.39 is 5.97 Å². The van der Waals surface area contributed by atoms with Crippen LogP contribution in [0.25, 0.3) is 0 Å². The van der Waals surface area contributed by atoms with Crippen LogP contribution in [0.15, 0.2) is 17.5 Å². The fraction of sp³-hybridized carbons (Fsp3) is 0.800. The van der Waals surface area contributed by atoms with Crippen molar-refractivity contribution in [3.8, 4) is 0 Å². The first-order valence-electron chi connectivity index (χ1n) is 7.36. The van der Waals surface area contributed by atoms with E-state index in [0.29, 0.717) is 13.2 Å². The highest BCUT2D eigenvalue weighted by Crippen LogP contribution is 2.39. The first kappa shape index (κ1) is 18.6. The molecule has 0 unspecified atom stereocenters. The highest BCUT2D eigenvalue weighted by Gasteiger charge is 2.45. The van der Waals surface area contributed by atoms with Gasteiger partial charge in [0, 0.05) is 17.6 Å². The fourth-order valence-electron chi connectivity index (χ4n) is 3.31. The molecule has 1 saturated heterocycles. The summed E-state index contributed by atoms with van der Waals surface area (Å²) >= 11 is 0. The van der Waals surface area contributed by atoms with E-state index >= 15 is 0 Å². The molecule has 1 aliphatic heterocycles. The fourth-order valence-corrected chi connectivity index (χ4v) is 3.31. The minimum atomic E-state index is -0.505. The summed E-state index contributed by atoms with van der Waals surface area (Å²) < 4.78 is 4.42. The normalized spacial score (nSPS) is 21.7. The van der Waals surface area contributed by atoms with Gasteiger partial charge in [-0.05, 0) is 40.5 Å². The van der Waals surface area contributed by atoms with Crippen molar-refractivity contribution in [1.29, 1.82) is 0 Å². The number of ether oxygens (including phenoxy) is 1. The second kappa shape index (κ2) is 7.69. The number of hydrogen-bond donors (Lipinski definition) is 0. The molecule has 0 spiro atoms. The number of esters is 1. The molecule has 0 amide bonds. The van der Waals surface area contributed by atoms with Crippen LogP contribution in [0, 0.1) is 4.91 Å². The van der Waals surface area contributed by atoms with E-state index in [2.05, 4.69) is 42.5 Å². The van der Waals surface area contributed by atoms with Crippen molar-refractivity contribution in [2.24, 2.45) is 5.18 Å². The summed E-state index contributed by atoms with van der Waals surface area (Å²) in [5.41, 5.74) is -0.295. The van der Waals surface area contributed by atoms with Gasteiger partial charge in [0.1, 0.15) is 12.9 Å². The molecule has 1 aliphatic rings. The van der Waals surface area contributed by atoms with Gasteiger partial charge in [-0.2, -0.15) is 9.79 Å². The van der Waals surface area contributed by atoms with Gasteiger partial charge in [0.25, 0.3) is 0 Å². The zero-order chi connectivity index (χ0) is 16.8. The molecule has 0 aromatic rings. The minimum Gasteiger partial charge on any atom is -0.466 e. The van der Waals surface area contributed by atoms with Crippen LogP contribution in [0.2, 0.25) is 0 Å². The van der Waals surface area contributed by atoms with Gasteiger partial charge >= 0.3 is 5.97 Å². The Balaban J connectivity index is 2.48. The van der Waals surface area contributed by atoms with Crippen molar-refractivity contribution >= 4 is 5.97 Å². The standard InChI is InChI=1S/C15H26N2O5/c1-14(2)10-12(16-19)11-15(3,4)17(14)7-9-22-21-8-6-13(18)20-5/h6,8,12H,7,9-11H2,1-5H3/b8-6+. The van der Waals surface area contributed by atoms with Crippen LogP contribution in [0.1, 0.15) is 40.5 Å². The van der Waals surface area contributed by atoms with Gasteiger partial charge in [0.2, 0.25) is 0 Å². The number of nitroso groups, excluding NO2 is 1. The van der Waals surface area contributed by atoms with Gasteiger partial charge < -0.3 is 9.62 Å². The molecular weight excluding hydrogens is 288 g/mol. The molecule has 0 aromatic carbocycles. The number of piperidine rings is 1. The van der Waals surface area contributed by atoms with Crippen LogP contribution >= 0.6 is 0 Å². The number of hydrogen-bond acceptors (Lipinski definition) is 7. The zero-order valence-corrected chi connectivity index (χ0v) is 14.0. The SMILES string of the molecule is COC(=O)/C=C/OOCCN1C(C)(C)CC(N=O)CC1(C)C. The number of likely N-dealkylation sites (tertiary alicyclic amines) is 1. The lowest BCUT2D eigenvalue weighted by Gasteiger charge is -2.54. The molecule has 0 bridgehead atoms. The van der Waals surface area contributed by atoms with E-state index in [0.717, 1.165) is 25.2 Å². The third-order valence-electron chi connectivity index (χ3n) is 4.01. The average molecular weight is 314 g/mol. The van der Waals surface area contributed by atoms with Crippen molar-refractivity contribution in [2.75, 3.05) is 20.3 Å². The van der Waals surface area contributed by atoms with Gasteiger partial charge in [-0.15, -0.1) is 0 Å². The molecule has 126 valence electrons. The van der Waals surface area contributed by atoms with Crippen molar-refractivity contribution in [1.82, 2.24) is 4.90 Å². The molecule has 7 nitrogen and oxygen atoms in total. The Hall–Kier alpha value is -1.47. The molecule has 0 aliphatic carbocycles. The number of rotatable bonds is 7. The van der Waals surface area contributed by atoms with Crippen LogP contribution < -0.4 is 0 Å². The van der Waals surface area contributed by atoms with Gasteiger partial charge in [0.15, 0.2) is 0 Å². The van der Waals surface area contributed by atoms with Crippen molar-refractivity contribution in [3.63, 3.8) is 0 Å². The molecule has 0 N–H and O–H groups in total. The predicted octanol–water partition coefficient (Wildman–Crippen LogP) is 2.41. The molecule has 7 heteroatoms. The lowest BCUT2D eigenvalue weighted by Crippen LogP contribution is -2.62. The summed E-state index contributed by atoms with van der Waals surface area (Å²) in [5.74, 6) is -0.505. The van der Waals surface area contributed by atoms with Crippen LogP contribution in [0.4, 0.5) is 0 Å². The number of carbonyl (C=O) groups is 1. The van der Waals surface area contributed by atoms with E-state index in [4.69, 9.17) is 9.78 Å². The smallest absolute Gasteiger partial charge is 0.333 e. The molecule has 1 rings (SSSR count). The van der Waals surface area contributed by atoms with Crippen LogP contribution in [-0.4, -0.2) is 48.3 Å². The van der Waals surface area contributed by atoms with Crippen LogP contribution in [0.5, 0.6) is 0 Å². The zero-order valence-electron chi connectivity index (χ0n) is 14.0. The average Bonchev–Trinajstić information content (AvgIpc) is 2.43. The maximum atomic E-state index is 10.9.